The molecule has 0 aromatic carbocycles. The van der Waals surface area contributed by atoms with E-state index in [4.69, 9.17) is 10.5 Å². The zero-order valence-electron chi connectivity index (χ0n) is 11.4. The zero-order valence-corrected chi connectivity index (χ0v) is 11.4. The van der Waals surface area contributed by atoms with Gasteiger partial charge in [0, 0.05) is 25.3 Å². The molecule has 0 bridgehead atoms. The van der Waals surface area contributed by atoms with Crippen LogP contribution in [0.2, 0.25) is 0 Å². The van der Waals surface area contributed by atoms with Crippen LogP contribution >= 0.6 is 0 Å². The van der Waals surface area contributed by atoms with Gasteiger partial charge < -0.3 is 15.4 Å². The fraction of sp³-hybridized carbons (Fsp3) is 1.00. The molecule has 0 radical (unpaired) electrons. The molecule has 17 heavy (non-hydrogen) atoms. The van der Waals surface area contributed by atoms with Crippen LogP contribution in [0.5, 0.6) is 0 Å². The molecule has 1 atom stereocenters. The molecule has 2 fully saturated rings. The maximum Gasteiger partial charge on any atom is 0.0469 e. The lowest BCUT2D eigenvalue weighted by atomic mass is 9.75. The van der Waals surface area contributed by atoms with Gasteiger partial charge in [-0.15, -0.1) is 0 Å². The van der Waals surface area contributed by atoms with E-state index in [0.717, 1.165) is 31.1 Å². The minimum absolute atomic E-state index is 0.462. The number of nitrogens with zero attached hydrogens (tertiary/aromatic N) is 1. The molecule has 1 saturated heterocycles. The fourth-order valence-corrected chi connectivity index (χ4v) is 3.77. The van der Waals surface area contributed by atoms with Gasteiger partial charge in [-0.25, -0.2) is 0 Å². The summed E-state index contributed by atoms with van der Waals surface area (Å²) >= 11 is 0. The normalized spacial score (nSPS) is 33.9. The average molecular weight is 240 g/mol. The first kappa shape index (κ1) is 13.3. The molecule has 100 valence electrons. The Labute approximate surface area is 106 Å². The van der Waals surface area contributed by atoms with Crippen molar-refractivity contribution >= 4 is 0 Å². The molecule has 2 N–H and O–H groups in total. The Kier molecular flexibility index (Phi) is 4.83. The summed E-state index contributed by atoms with van der Waals surface area (Å²) in [4.78, 5) is 2.46. The monoisotopic (exact) mass is 240 g/mol. The van der Waals surface area contributed by atoms with Crippen LogP contribution in [0.25, 0.3) is 0 Å². The molecule has 1 saturated carbocycles. The van der Waals surface area contributed by atoms with Crippen molar-refractivity contribution in [1.82, 2.24) is 4.90 Å². The summed E-state index contributed by atoms with van der Waals surface area (Å²) < 4.78 is 5.50. The Morgan fingerprint density at radius 3 is 2.00 bits per heavy atom. The molecule has 0 aromatic heterocycles. The third kappa shape index (κ3) is 3.43. The Bertz CT molecular complexity index is 218. The quantitative estimate of drug-likeness (QED) is 0.818. The van der Waals surface area contributed by atoms with Crippen molar-refractivity contribution in [3.63, 3.8) is 0 Å². The van der Waals surface area contributed by atoms with Gasteiger partial charge in [0.1, 0.15) is 0 Å². The molecule has 3 nitrogen and oxygen atoms in total. The molecule has 0 aromatic rings. The number of ether oxygens (including phenoxy) is 1. The molecular weight excluding hydrogens is 212 g/mol. The summed E-state index contributed by atoms with van der Waals surface area (Å²) in [6.45, 7) is 1.92. The van der Waals surface area contributed by atoms with Gasteiger partial charge >= 0.3 is 0 Å². The van der Waals surface area contributed by atoms with Crippen LogP contribution in [0, 0.1) is 11.8 Å². The highest BCUT2D eigenvalue weighted by atomic mass is 16.5. The van der Waals surface area contributed by atoms with Gasteiger partial charge in [-0.3, -0.25) is 0 Å². The second kappa shape index (κ2) is 6.17. The SMILES string of the molecule is CN(C)C(C1CCOCC1)C1CCC(N)CC1. The van der Waals surface area contributed by atoms with E-state index in [-0.39, 0.29) is 0 Å². The standard InChI is InChI=1S/C14H28N2O/c1-16(2)14(12-7-9-17-10-8-12)11-3-5-13(15)6-4-11/h11-14H,3-10,15H2,1-2H3. The number of nitrogens with two attached hydrogens (primary N) is 1. The van der Waals surface area contributed by atoms with E-state index in [9.17, 15) is 0 Å². The number of hydrogen-bond donors (Lipinski definition) is 1. The first-order valence-electron chi connectivity index (χ1n) is 7.18. The molecule has 0 amide bonds. The lowest BCUT2D eigenvalue weighted by molar-refractivity contribution is 0.0136. The molecule has 1 aliphatic carbocycles. The van der Waals surface area contributed by atoms with E-state index in [1.807, 2.05) is 0 Å². The largest absolute Gasteiger partial charge is 0.381 e. The minimum Gasteiger partial charge on any atom is -0.381 e. The third-order valence-corrected chi connectivity index (χ3v) is 4.64. The molecule has 1 unspecified atom stereocenters. The maximum atomic E-state index is 6.02. The Hall–Kier alpha value is -0.120. The number of hydrogen-bond acceptors (Lipinski definition) is 3. The summed E-state index contributed by atoms with van der Waals surface area (Å²) in [5.74, 6) is 1.69. The van der Waals surface area contributed by atoms with E-state index in [1.54, 1.807) is 0 Å². The van der Waals surface area contributed by atoms with Crippen molar-refractivity contribution in [3.8, 4) is 0 Å². The van der Waals surface area contributed by atoms with Gasteiger partial charge in [0.05, 0.1) is 0 Å². The van der Waals surface area contributed by atoms with Crippen LogP contribution in [0.15, 0.2) is 0 Å². The molecule has 3 heteroatoms. The van der Waals surface area contributed by atoms with Crippen LogP contribution in [0.1, 0.15) is 38.5 Å². The third-order valence-electron chi connectivity index (χ3n) is 4.64. The predicted octanol–water partition coefficient (Wildman–Crippen LogP) is 1.86. The number of rotatable bonds is 3. The first-order chi connectivity index (χ1) is 8.18. The molecular formula is C14H28N2O. The highest BCUT2D eigenvalue weighted by Gasteiger charge is 2.34. The zero-order chi connectivity index (χ0) is 12.3. The predicted molar refractivity (Wildman–Crippen MR) is 71.0 cm³/mol. The van der Waals surface area contributed by atoms with E-state index in [1.165, 1.54) is 38.5 Å². The summed E-state index contributed by atoms with van der Waals surface area (Å²) in [6, 6.07) is 1.20. The fourth-order valence-electron chi connectivity index (χ4n) is 3.77. The molecule has 1 heterocycles. The van der Waals surface area contributed by atoms with Crippen molar-refractivity contribution in [2.24, 2.45) is 17.6 Å². The molecule has 1 aliphatic heterocycles. The van der Waals surface area contributed by atoms with Gasteiger partial charge in [0.25, 0.3) is 0 Å². The van der Waals surface area contributed by atoms with E-state index < -0.39 is 0 Å². The van der Waals surface area contributed by atoms with Gasteiger partial charge in [0.15, 0.2) is 0 Å². The first-order valence-corrected chi connectivity index (χ1v) is 7.18. The lowest BCUT2D eigenvalue weighted by Gasteiger charge is -2.42. The van der Waals surface area contributed by atoms with Crippen molar-refractivity contribution in [2.75, 3.05) is 27.3 Å². The van der Waals surface area contributed by atoms with Crippen molar-refractivity contribution < 1.29 is 4.74 Å². The summed E-state index contributed by atoms with van der Waals surface area (Å²) in [5.41, 5.74) is 6.02. The van der Waals surface area contributed by atoms with Crippen LogP contribution in [-0.2, 0) is 4.74 Å². The highest BCUT2D eigenvalue weighted by molar-refractivity contribution is 4.88. The maximum absolute atomic E-state index is 6.02. The molecule has 2 rings (SSSR count). The second-order valence-electron chi connectivity index (χ2n) is 6.08. The smallest absolute Gasteiger partial charge is 0.0469 e. The van der Waals surface area contributed by atoms with Gasteiger partial charge in [-0.2, -0.15) is 0 Å². The Balaban J connectivity index is 1.95. The van der Waals surface area contributed by atoms with Gasteiger partial charge in [-0.05, 0) is 64.5 Å². The Morgan fingerprint density at radius 1 is 0.941 bits per heavy atom. The van der Waals surface area contributed by atoms with E-state index in [0.29, 0.717) is 6.04 Å². The lowest BCUT2D eigenvalue weighted by Crippen LogP contribution is -2.45. The highest BCUT2D eigenvalue weighted by Crippen LogP contribution is 2.34. The van der Waals surface area contributed by atoms with E-state index in [2.05, 4.69) is 19.0 Å². The summed E-state index contributed by atoms with van der Waals surface area (Å²) in [5, 5.41) is 0. The Morgan fingerprint density at radius 2 is 1.47 bits per heavy atom. The summed E-state index contributed by atoms with van der Waals surface area (Å²) in [7, 11) is 4.49. The van der Waals surface area contributed by atoms with Crippen molar-refractivity contribution in [2.45, 2.75) is 50.6 Å². The van der Waals surface area contributed by atoms with Crippen LogP contribution in [0.4, 0.5) is 0 Å². The van der Waals surface area contributed by atoms with Crippen LogP contribution in [-0.4, -0.2) is 44.3 Å². The second-order valence-corrected chi connectivity index (χ2v) is 6.08. The topological polar surface area (TPSA) is 38.5 Å². The van der Waals surface area contributed by atoms with Crippen molar-refractivity contribution in [1.29, 1.82) is 0 Å². The van der Waals surface area contributed by atoms with Gasteiger partial charge in [-0.1, -0.05) is 0 Å². The van der Waals surface area contributed by atoms with E-state index >= 15 is 0 Å². The molecule has 0 spiro atoms. The molecule has 2 aliphatic rings. The van der Waals surface area contributed by atoms with Crippen molar-refractivity contribution in [3.05, 3.63) is 0 Å². The average Bonchev–Trinajstić information content (AvgIpc) is 2.33. The summed E-state index contributed by atoms with van der Waals surface area (Å²) in [6.07, 6.45) is 7.57. The van der Waals surface area contributed by atoms with Crippen LogP contribution in [0.3, 0.4) is 0 Å². The minimum atomic E-state index is 0.462. The van der Waals surface area contributed by atoms with Crippen LogP contribution < -0.4 is 5.73 Å². The van der Waals surface area contributed by atoms with Gasteiger partial charge in [0.2, 0.25) is 0 Å².